The first-order chi connectivity index (χ1) is 10.2. The largest absolute Gasteiger partial charge is 0.369 e. The predicted molar refractivity (Wildman–Crippen MR) is 91.9 cm³/mol. The molecule has 1 fully saturated rings. The lowest BCUT2D eigenvalue weighted by Gasteiger charge is -2.24. The summed E-state index contributed by atoms with van der Waals surface area (Å²) in [6.07, 6.45) is 8.13. The van der Waals surface area contributed by atoms with E-state index >= 15 is 0 Å². The average molecular weight is 356 g/mol. The van der Waals surface area contributed by atoms with Gasteiger partial charge in [0.15, 0.2) is 0 Å². The van der Waals surface area contributed by atoms with Crippen LogP contribution in [-0.4, -0.2) is 47.6 Å². The van der Waals surface area contributed by atoms with Gasteiger partial charge in [0.2, 0.25) is 0 Å². The molecule has 0 bridgehead atoms. The van der Waals surface area contributed by atoms with Gasteiger partial charge in [-0.25, -0.2) is 9.97 Å². The fourth-order valence-corrected chi connectivity index (χ4v) is 3.22. The summed E-state index contributed by atoms with van der Waals surface area (Å²) in [4.78, 5) is 11.0. The van der Waals surface area contributed by atoms with E-state index < -0.39 is 0 Å². The zero-order chi connectivity index (χ0) is 15.1. The first-order valence-corrected chi connectivity index (χ1v) is 8.70. The standard InChI is InChI=1S/C15H26BrN5/c1-3-8-17-14-13(16)15(20-11-19-14)18-9-10-21(2)12-6-4-5-7-12/h11-12H,3-10H2,1-2H3,(H2,17,18,19,20). The quantitative estimate of drug-likeness (QED) is 0.748. The summed E-state index contributed by atoms with van der Waals surface area (Å²) in [6.45, 7) is 4.99. The van der Waals surface area contributed by atoms with Crippen molar-refractivity contribution in [1.82, 2.24) is 14.9 Å². The lowest BCUT2D eigenvalue weighted by molar-refractivity contribution is 0.254. The van der Waals surface area contributed by atoms with Gasteiger partial charge in [-0.15, -0.1) is 0 Å². The molecule has 6 heteroatoms. The molecule has 1 heterocycles. The second-order valence-electron chi connectivity index (χ2n) is 5.66. The smallest absolute Gasteiger partial charge is 0.145 e. The van der Waals surface area contributed by atoms with E-state index in [9.17, 15) is 0 Å². The highest BCUT2D eigenvalue weighted by molar-refractivity contribution is 9.10. The zero-order valence-electron chi connectivity index (χ0n) is 13.0. The maximum atomic E-state index is 4.31. The molecule has 5 nitrogen and oxygen atoms in total. The molecule has 1 aromatic heterocycles. The second-order valence-corrected chi connectivity index (χ2v) is 6.45. The molecule has 0 radical (unpaired) electrons. The minimum Gasteiger partial charge on any atom is -0.369 e. The Morgan fingerprint density at radius 3 is 2.43 bits per heavy atom. The lowest BCUT2D eigenvalue weighted by Crippen LogP contribution is -2.33. The van der Waals surface area contributed by atoms with Crippen LogP contribution in [0.1, 0.15) is 39.0 Å². The van der Waals surface area contributed by atoms with Gasteiger partial charge in [0.25, 0.3) is 0 Å². The van der Waals surface area contributed by atoms with Crippen LogP contribution in [0.3, 0.4) is 0 Å². The van der Waals surface area contributed by atoms with Crippen LogP contribution in [-0.2, 0) is 0 Å². The van der Waals surface area contributed by atoms with Crippen LogP contribution in [0.2, 0.25) is 0 Å². The molecule has 1 aliphatic rings. The van der Waals surface area contributed by atoms with Gasteiger partial charge in [0.05, 0.1) is 0 Å². The molecule has 21 heavy (non-hydrogen) atoms. The number of nitrogens with one attached hydrogen (secondary N) is 2. The van der Waals surface area contributed by atoms with Crippen LogP contribution < -0.4 is 10.6 Å². The van der Waals surface area contributed by atoms with E-state index in [1.54, 1.807) is 6.33 Å². The third-order valence-electron chi connectivity index (χ3n) is 4.04. The first-order valence-electron chi connectivity index (χ1n) is 7.90. The Kier molecular flexibility index (Phi) is 6.70. The molecule has 118 valence electrons. The summed E-state index contributed by atoms with van der Waals surface area (Å²) in [5, 5.41) is 6.70. The highest BCUT2D eigenvalue weighted by Crippen LogP contribution is 2.26. The predicted octanol–water partition coefficient (Wildman–Crippen LogP) is 3.35. The van der Waals surface area contributed by atoms with Crippen molar-refractivity contribution in [2.45, 2.75) is 45.1 Å². The van der Waals surface area contributed by atoms with Crippen molar-refractivity contribution in [2.75, 3.05) is 37.3 Å². The third-order valence-corrected chi connectivity index (χ3v) is 4.79. The fraction of sp³-hybridized carbons (Fsp3) is 0.733. The number of hydrogen-bond acceptors (Lipinski definition) is 5. The van der Waals surface area contributed by atoms with Crippen molar-refractivity contribution in [3.63, 3.8) is 0 Å². The van der Waals surface area contributed by atoms with Crippen LogP contribution in [0.25, 0.3) is 0 Å². The van der Waals surface area contributed by atoms with Crippen molar-refractivity contribution >= 4 is 27.6 Å². The number of halogens is 1. The van der Waals surface area contributed by atoms with Crippen LogP contribution in [0, 0.1) is 0 Å². The summed E-state index contributed by atoms with van der Waals surface area (Å²) in [7, 11) is 2.22. The summed E-state index contributed by atoms with van der Waals surface area (Å²) in [5.41, 5.74) is 0. The van der Waals surface area contributed by atoms with Crippen LogP contribution in [0.4, 0.5) is 11.6 Å². The van der Waals surface area contributed by atoms with E-state index in [0.29, 0.717) is 0 Å². The van der Waals surface area contributed by atoms with Gasteiger partial charge in [-0.05, 0) is 42.2 Å². The number of likely N-dealkylation sites (N-methyl/N-ethyl adjacent to an activating group) is 1. The monoisotopic (exact) mass is 355 g/mol. The maximum absolute atomic E-state index is 4.31. The van der Waals surface area contributed by atoms with Crippen molar-refractivity contribution in [2.24, 2.45) is 0 Å². The van der Waals surface area contributed by atoms with Gasteiger partial charge >= 0.3 is 0 Å². The second kappa shape index (κ2) is 8.54. The molecule has 2 N–H and O–H groups in total. The molecule has 0 saturated heterocycles. The molecular weight excluding hydrogens is 330 g/mol. The summed E-state index contributed by atoms with van der Waals surface area (Å²) in [5.74, 6) is 1.72. The Bertz CT molecular complexity index is 434. The molecule has 1 aromatic rings. The van der Waals surface area contributed by atoms with Gasteiger partial charge < -0.3 is 15.5 Å². The number of hydrogen-bond donors (Lipinski definition) is 2. The van der Waals surface area contributed by atoms with Gasteiger partial charge in [-0.2, -0.15) is 0 Å². The van der Waals surface area contributed by atoms with E-state index in [1.807, 2.05) is 0 Å². The van der Waals surface area contributed by atoms with Gasteiger partial charge in [0.1, 0.15) is 22.4 Å². The van der Waals surface area contributed by atoms with Crippen molar-refractivity contribution < 1.29 is 0 Å². The number of anilines is 2. The fourth-order valence-electron chi connectivity index (χ4n) is 2.74. The molecule has 0 aliphatic heterocycles. The normalized spacial score (nSPS) is 15.6. The van der Waals surface area contributed by atoms with Crippen molar-refractivity contribution in [3.05, 3.63) is 10.8 Å². The van der Waals surface area contributed by atoms with E-state index in [-0.39, 0.29) is 0 Å². The molecular formula is C15H26BrN5. The molecule has 1 aliphatic carbocycles. The van der Waals surface area contributed by atoms with E-state index in [0.717, 1.165) is 48.2 Å². The van der Waals surface area contributed by atoms with Crippen LogP contribution in [0.15, 0.2) is 10.8 Å². The molecule has 2 rings (SSSR count). The van der Waals surface area contributed by atoms with Crippen LogP contribution >= 0.6 is 15.9 Å². The molecule has 0 spiro atoms. The molecule has 0 unspecified atom stereocenters. The first kappa shape index (κ1) is 16.5. The highest BCUT2D eigenvalue weighted by atomic mass is 79.9. The van der Waals surface area contributed by atoms with Crippen molar-refractivity contribution in [1.29, 1.82) is 0 Å². The van der Waals surface area contributed by atoms with E-state index in [4.69, 9.17) is 0 Å². The molecule has 0 amide bonds. The van der Waals surface area contributed by atoms with Crippen molar-refractivity contribution in [3.8, 4) is 0 Å². The Balaban J connectivity index is 1.82. The minimum absolute atomic E-state index is 0.766. The zero-order valence-corrected chi connectivity index (χ0v) is 14.6. The Hall–Kier alpha value is -0.880. The number of nitrogens with zero attached hydrogens (tertiary/aromatic N) is 3. The number of rotatable bonds is 8. The Morgan fingerprint density at radius 2 is 1.81 bits per heavy atom. The summed E-state index contributed by atoms with van der Waals surface area (Å²) < 4.78 is 0.918. The van der Waals surface area contributed by atoms with Gasteiger partial charge in [0, 0.05) is 25.7 Å². The molecule has 0 aromatic carbocycles. The molecule has 0 atom stereocenters. The number of aromatic nitrogens is 2. The summed E-state index contributed by atoms with van der Waals surface area (Å²) in [6, 6.07) is 0.766. The Morgan fingerprint density at radius 1 is 1.19 bits per heavy atom. The lowest BCUT2D eigenvalue weighted by atomic mass is 10.2. The topological polar surface area (TPSA) is 53.1 Å². The Labute approximate surface area is 136 Å². The highest BCUT2D eigenvalue weighted by Gasteiger charge is 2.19. The van der Waals surface area contributed by atoms with Gasteiger partial charge in [-0.3, -0.25) is 0 Å². The maximum Gasteiger partial charge on any atom is 0.145 e. The van der Waals surface area contributed by atoms with Crippen LogP contribution in [0.5, 0.6) is 0 Å². The molecule has 1 saturated carbocycles. The summed E-state index contributed by atoms with van der Waals surface area (Å²) >= 11 is 3.58. The average Bonchev–Trinajstić information content (AvgIpc) is 3.02. The van der Waals surface area contributed by atoms with E-state index in [1.165, 1.54) is 25.7 Å². The third kappa shape index (κ3) is 4.81. The van der Waals surface area contributed by atoms with Gasteiger partial charge in [-0.1, -0.05) is 19.8 Å². The van der Waals surface area contributed by atoms with E-state index in [2.05, 4.69) is 55.4 Å². The minimum atomic E-state index is 0.766. The SMILES string of the molecule is CCCNc1ncnc(NCCN(C)C2CCCC2)c1Br.